The van der Waals surface area contributed by atoms with Crippen LogP contribution < -0.4 is 14.4 Å². The third kappa shape index (κ3) is 5.39. The lowest BCUT2D eigenvalue weighted by Crippen LogP contribution is -2.36. The van der Waals surface area contributed by atoms with Gasteiger partial charge in [-0.2, -0.15) is 0 Å². The molecular formula is C28H34N4O3. The van der Waals surface area contributed by atoms with Crippen LogP contribution in [0.5, 0.6) is 11.5 Å². The molecule has 1 saturated heterocycles. The van der Waals surface area contributed by atoms with E-state index in [0.29, 0.717) is 36.7 Å². The Labute approximate surface area is 207 Å². The number of anilines is 1. The van der Waals surface area contributed by atoms with Gasteiger partial charge in [0.1, 0.15) is 28.7 Å². The van der Waals surface area contributed by atoms with Crippen molar-refractivity contribution < 1.29 is 14.3 Å². The molecule has 184 valence electrons. The number of methoxy groups -OCH3 is 2. The Hall–Kier alpha value is -3.61. The summed E-state index contributed by atoms with van der Waals surface area (Å²) < 4.78 is 11.0. The summed E-state index contributed by atoms with van der Waals surface area (Å²) in [6, 6.07) is 15.9. The SMILES string of the molecule is CCc1nc(C)nc(N2CCCN(C(=O)c3c(OC)cccc3OC)CC2)c1Cc1ccccc1. The van der Waals surface area contributed by atoms with Gasteiger partial charge in [0.15, 0.2) is 0 Å². The van der Waals surface area contributed by atoms with Crippen molar-refractivity contribution in [2.75, 3.05) is 45.3 Å². The van der Waals surface area contributed by atoms with E-state index in [9.17, 15) is 4.79 Å². The van der Waals surface area contributed by atoms with E-state index in [4.69, 9.17) is 19.4 Å². The molecule has 4 rings (SSSR count). The first-order chi connectivity index (χ1) is 17.0. The molecule has 1 fully saturated rings. The van der Waals surface area contributed by atoms with Gasteiger partial charge >= 0.3 is 0 Å². The highest BCUT2D eigenvalue weighted by Gasteiger charge is 2.27. The van der Waals surface area contributed by atoms with Gasteiger partial charge in [-0.25, -0.2) is 9.97 Å². The molecular weight excluding hydrogens is 440 g/mol. The third-order valence-corrected chi connectivity index (χ3v) is 6.47. The Kier molecular flexibility index (Phi) is 7.85. The standard InChI is InChI=1S/C28H34N4O3/c1-5-23-22(19-21-11-7-6-8-12-21)27(30-20(2)29-23)31-15-10-16-32(18-17-31)28(33)26-24(34-3)13-9-14-25(26)35-4/h6-9,11-14H,5,10,15-19H2,1-4H3. The lowest BCUT2D eigenvalue weighted by atomic mass is 10.0. The van der Waals surface area contributed by atoms with E-state index < -0.39 is 0 Å². The highest BCUT2D eigenvalue weighted by Crippen LogP contribution is 2.31. The fourth-order valence-electron chi connectivity index (χ4n) is 4.73. The molecule has 0 spiro atoms. The van der Waals surface area contributed by atoms with Crippen LogP contribution in [0, 0.1) is 6.92 Å². The summed E-state index contributed by atoms with van der Waals surface area (Å²) in [6.07, 6.45) is 2.49. The minimum Gasteiger partial charge on any atom is -0.496 e. The average molecular weight is 475 g/mol. The van der Waals surface area contributed by atoms with Crippen LogP contribution in [-0.4, -0.2) is 61.2 Å². The molecule has 0 unspecified atom stereocenters. The predicted molar refractivity (Wildman–Crippen MR) is 138 cm³/mol. The summed E-state index contributed by atoms with van der Waals surface area (Å²) in [5.74, 6) is 2.75. The number of ether oxygens (including phenoxy) is 2. The van der Waals surface area contributed by atoms with Crippen LogP contribution in [0.1, 0.15) is 46.3 Å². The van der Waals surface area contributed by atoms with Crippen molar-refractivity contribution >= 4 is 11.7 Å². The van der Waals surface area contributed by atoms with E-state index in [0.717, 1.165) is 43.1 Å². The van der Waals surface area contributed by atoms with E-state index >= 15 is 0 Å². The first-order valence-corrected chi connectivity index (χ1v) is 12.2. The molecule has 35 heavy (non-hydrogen) atoms. The van der Waals surface area contributed by atoms with Gasteiger partial charge in [-0.1, -0.05) is 43.3 Å². The summed E-state index contributed by atoms with van der Waals surface area (Å²) in [5.41, 5.74) is 3.98. The maximum atomic E-state index is 13.5. The van der Waals surface area contributed by atoms with E-state index in [2.05, 4.69) is 36.1 Å². The quantitative estimate of drug-likeness (QED) is 0.508. The van der Waals surface area contributed by atoms with E-state index in [1.807, 2.05) is 24.0 Å². The van der Waals surface area contributed by atoms with E-state index in [1.54, 1.807) is 26.4 Å². The molecule has 0 N–H and O–H groups in total. The number of aryl methyl sites for hydroxylation is 2. The maximum Gasteiger partial charge on any atom is 0.261 e. The zero-order valence-electron chi connectivity index (χ0n) is 21.1. The van der Waals surface area contributed by atoms with Gasteiger partial charge in [-0.3, -0.25) is 4.79 Å². The average Bonchev–Trinajstić information content (AvgIpc) is 3.15. The largest absolute Gasteiger partial charge is 0.496 e. The smallest absolute Gasteiger partial charge is 0.261 e. The number of benzene rings is 2. The fourth-order valence-corrected chi connectivity index (χ4v) is 4.73. The summed E-state index contributed by atoms with van der Waals surface area (Å²) in [5, 5.41) is 0. The first-order valence-electron chi connectivity index (χ1n) is 12.2. The van der Waals surface area contributed by atoms with Gasteiger partial charge < -0.3 is 19.3 Å². The molecule has 3 aromatic rings. The predicted octanol–water partition coefficient (Wildman–Crippen LogP) is 4.31. The van der Waals surface area contributed by atoms with Crippen molar-refractivity contribution in [3.63, 3.8) is 0 Å². The van der Waals surface area contributed by atoms with E-state index in [1.165, 1.54) is 11.1 Å². The Morgan fingerprint density at radius 3 is 2.29 bits per heavy atom. The topological polar surface area (TPSA) is 67.8 Å². The lowest BCUT2D eigenvalue weighted by Gasteiger charge is -2.26. The van der Waals surface area contributed by atoms with Gasteiger partial charge in [0.25, 0.3) is 5.91 Å². The van der Waals surface area contributed by atoms with Gasteiger partial charge in [-0.15, -0.1) is 0 Å². The van der Waals surface area contributed by atoms with Crippen LogP contribution >= 0.6 is 0 Å². The van der Waals surface area contributed by atoms with Crippen molar-refractivity contribution in [3.8, 4) is 11.5 Å². The maximum absolute atomic E-state index is 13.5. The number of nitrogens with zero attached hydrogens (tertiary/aromatic N) is 4. The number of aromatic nitrogens is 2. The normalized spacial score (nSPS) is 13.9. The van der Waals surface area contributed by atoms with Crippen LogP contribution in [0.4, 0.5) is 5.82 Å². The van der Waals surface area contributed by atoms with E-state index in [-0.39, 0.29) is 5.91 Å². The van der Waals surface area contributed by atoms with Crippen LogP contribution in [0.3, 0.4) is 0 Å². The highest BCUT2D eigenvalue weighted by molar-refractivity contribution is 5.99. The molecule has 7 nitrogen and oxygen atoms in total. The number of amides is 1. The zero-order chi connectivity index (χ0) is 24.8. The number of rotatable bonds is 7. The summed E-state index contributed by atoms with van der Waals surface area (Å²) in [4.78, 5) is 27.4. The minimum atomic E-state index is -0.0706. The van der Waals surface area contributed by atoms with Crippen LogP contribution in [0.25, 0.3) is 0 Å². The summed E-state index contributed by atoms with van der Waals surface area (Å²) >= 11 is 0. The van der Waals surface area contributed by atoms with Crippen molar-refractivity contribution in [2.24, 2.45) is 0 Å². The Morgan fingerprint density at radius 1 is 0.914 bits per heavy atom. The molecule has 1 amide bonds. The number of hydrogen-bond donors (Lipinski definition) is 0. The van der Waals surface area contributed by atoms with Crippen LogP contribution in [0.2, 0.25) is 0 Å². The lowest BCUT2D eigenvalue weighted by molar-refractivity contribution is 0.0760. The Bertz CT molecular complexity index is 1140. The Morgan fingerprint density at radius 2 is 1.63 bits per heavy atom. The number of carbonyl (C=O) groups excluding carboxylic acids is 1. The molecule has 1 aliphatic rings. The van der Waals surface area contributed by atoms with Crippen molar-refractivity contribution in [1.82, 2.24) is 14.9 Å². The molecule has 0 atom stereocenters. The zero-order valence-corrected chi connectivity index (χ0v) is 21.1. The molecule has 2 aromatic carbocycles. The minimum absolute atomic E-state index is 0.0706. The monoisotopic (exact) mass is 474 g/mol. The molecule has 0 bridgehead atoms. The molecule has 1 aliphatic heterocycles. The summed E-state index contributed by atoms with van der Waals surface area (Å²) in [7, 11) is 3.15. The van der Waals surface area contributed by atoms with Gasteiger partial charge in [0.05, 0.1) is 14.2 Å². The molecule has 0 saturated carbocycles. The summed E-state index contributed by atoms with van der Waals surface area (Å²) in [6.45, 7) is 6.88. The second-order valence-corrected chi connectivity index (χ2v) is 8.71. The third-order valence-electron chi connectivity index (χ3n) is 6.47. The van der Waals surface area contributed by atoms with Crippen molar-refractivity contribution in [2.45, 2.75) is 33.1 Å². The van der Waals surface area contributed by atoms with Crippen molar-refractivity contribution in [1.29, 1.82) is 0 Å². The second kappa shape index (κ2) is 11.2. The Balaban J connectivity index is 1.61. The van der Waals surface area contributed by atoms with Gasteiger partial charge in [0, 0.05) is 43.9 Å². The number of hydrogen-bond acceptors (Lipinski definition) is 6. The van der Waals surface area contributed by atoms with Crippen LogP contribution in [0.15, 0.2) is 48.5 Å². The second-order valence-electron chi connectivity index (χ2n) is 8.71. The molecule has 2 heterocycles. The fraction of sp³-hybridized carbons (Fsp3) is 0.393. The number of carbonyl (C=O) groups is 1. The van der Waals surface area contributed by atoms with Gasteiger partial charge in [0.2, 0.25) is 0 Å². The molecule has 0 radical (unpaired) electrons. The van der Waals surface area contributed by atoms with Gasteiger partial charge in [-0.05, 0) is 37.5 Å². The first kappa shape index (κ1) is 24.5. The van der Waals surface area contributed by atoms with Crippen LogP contribution in [-0.2, 0) is 12.8 Å². The molecule has 0 aliphatic carbocycles. The van der Waals surface area contributed by atoms with Crippen molar-refractivity contribution in [3.05, 3.63) is 76.7 Å². The highest BCUT2D eigenvalue weighted by atomic mass is 16.5. The molecule has 7 heteroatoms. The molecule has 1 aromatic heterocycles.